The van der Waals surface area contributed by atoms with Gasteiger partial charge in [0.2, 0.25) is 0 Å². The van der Waals surface area contributed by atoms with Crippen LogP contribution in [0.1, 0.15) is 194 Å². The van der Waals surface area contributed by atoms with Crippen LogP contribution in [0.5, 0.6) is 0 Å². The summed E-state index contributed by atoms with van der Waals surface area (Å²) in [6.07, 6.45) is 36.5. The van der Waals surface area contributed by atoms with E-state index in [2.05, 4.69) is 51.9 Å². The molecule has 0 aliphatic heterocycles. The van der Waals surface area contributed by atoms with Crippen molar-refractivity contribution in [3.05, 3.63) is 24.3 Å². The van der Waals surface area contributed by atoms with Gasteiger partial charge in [-0.05, 0) is 90.1 Å². The zero-order valence-corrected chi connectivity index (χ0v) is 34.8. The molecule has 0 aromatic rings. The molecule has 0 fully saturated rings. The van der Waals surface area contributed by atoms with E-state index >= 15 is 0 Å². The van der Waals surface area contributed by atoms with Crippen molar-refractivity contribution in [2.24, 2.45) is 11.8 Å². The molecular formula is C45H83NO6. The predicted molar refractivity (Wildman–Crippen MR) is 218 cm³/mol. The maximum Gasteiger partial charge on any atom is 0.306 e. The Morgan fingerprint density at radius 3 is 1.40 bits per heavy atom. The van der Waals surface area contributed by atoms with Crippen LogP contribution in [0.15, 0.2) is 24.3 Å². The second kappa shape index (κ2) is 38.6. The summed E-state index contributed by atoms with van der Waals surface area (Å²) in [6.45, 7) is 9.01. The fraction of sp³-hybridized carbons (Fsp3) is 0.844. The number of unbranched alkanes of at least 4 members (excludes halogenated alkanes) is 16. The molecule has 0 aromatic heterocycles. The minimum absolute atomic E-state index is 0.0641. The van der Waals surface area contributed by atoms with Crippen LogP contribution >= 0.6 is 0 Å². The van der Waals surface area contributed by atoms with E-state index in [-0.39, 0.29) is 17.9 Å². The van der Waals surface area contributed by atoms with Crippen molar-refractivity contribution in [1.82, 2.24) is 4.90 Å². The summed E-state index contributed by atoms with van der Waals surface area (Å²) in [5.41, 5.74) is 0. The SMILES string of the molecule is CCCCCC/C=C\COC(=O)CCCCCCCC(CCCCCCCC(=O)OC/C=C\CCCCCC)COC(=O)CCCC(C)CN(C)C. The molecule has 0 amide bonds. The van der Waals surface area contributed by atoms with Crippen molar-refractivity contribution in [3.8, 4) is 0 Å². The summed E-state index contributed by atoms with van der Waals surface area (Å²) in [4.78, 5) is 38.8. The molecule has 0 aromatic carbocycles. The first-order chi connectivity index (χ1) is 25.3. The number of hydrogen-bond acceptors (Lipinski definition) is 7. The molecule has 0 aliphatic rings. The van der Waals surface area contributed by atoms with Crippen molar-refractivity contribution < 1.29 is 28.6 Å². The van der Waals surface area contributed by atoms with Gasteiger partial charge in [-0.25, -0.2) is 0 Å². The highest BCUT2D eigenvalue weighted by atomic mass is 16.5. The number of carbonyl (C=O) groups excluding carboxylic acids is 3. The third kappa shape index (κ3) is 37.6. The third-order valence-electron chi connectivity index (χ3n) is 9.68. The van der Waals surface area contributed by atoms with Crippen LogP contribution in [0.25, 0.3) is 0 Å². The molecule has 0 aliphatic carbocycles. The summed E-state index contributed by atoms with van der Waals surface area (Å²) in [5, 5.41) is 0. The van der Waals surface area contributed by atoms with Gasteiger partial charge in [0, 0.05) is 25.8 Å². The van der Waals surface area contributed by atoms with Gasteiger partial charge in [0.25, 0.3) is 0 Å². The van der Waals surface area contributed by atoms with Crippen LogP contribution < -0.4 is 0 Å². The normalized spacial score (nSPS) is 12.4. The minimum Gasteiger partial charge on any atom is -0.465 e. The van der Waals surface area contributed by atoms with E-state index in [1.165, 1.54) is 51.4 Å². The summed E-state index contributed by atoms with van der Waals surface area (Å²) in [6, 6.07) is 0. The lowest BCUT2D eigenvalue weighted by molar-refractivity contribution is -0.145. The lowest BCUT2D eigenvalue weighted by Crippen LogP contribution is -2.20. The van der Waals surface area contributed by atoms with Crippen molar-refractivity contribution in [3.63, 3.8) is 0 Å². The number of nitrogens with zero attached hydrogens (tertiary/aromatic N) is 1. The van der Waals surface area contributed by atoms with Crippen molar-refractivity contribution in [1.29, 1.82) is 0 Å². The summed E-state index contributed by atoms with van der Waals surface area (Å²) in [5.74, 6) is 0.708. The molecule has 0 radical (unpaired) electrons. The first-order valence-electron chi connectivity index (χ1n) is 21.7. The molecule has 0 heterocycles. The van der Waals surface area contributed by atoms with E-state index < -0.39 is 0 Å². The van der Waals surface area contributed by atoms with E-state index in [0.29, 0.717) is 50.9 Å². The average Bonchev–Trinajstić information content (AvgIpc) is 3.11. The molecule has 0 saturated carbocycles. The standard InChI is InChI=1S/C45H83NO6/c1-6-8-10-12-14-22-28-37-50-43(47)34-26-20-16-18-24-32-42(40-52-45(49)36-30-31-41(3)39-46(4)5)33-25-19-17-21-27-35-44(48)51-38-29-23-15-13-11-9-7-2/h22-23,28-29,41-42H,6-21,24-27,30-40H2,1-5H3/b28-22-,29-23-. The molecule has 52 heavy (non-hydrogen) atoms. The quantitative estimate of drug-likeness (QED) is 0.0270. The van der Waals surface area contributed by atoms with E-state index in [0.717, 1.165) is 109 Å². The van der Waals surface area contributed by atoms with E-state index in [1.54, 1.807) is 0 Å². The number of hydrogen-bond donors (Lipinski definition) is 0. The van der Waals surface area contributed by atoms with Crippen molar-refractivity contribution in [2.45, 2.75) is 194 Å². The minimum atomic E-state index is -0.0965. The second-order valence-corrected chi connectivity index (χ2v) is 15.4. The van der Waals surface area contributed by atoms with Crippen LogP contribution in [-0.2, 0) is 28.6 Å². The second-order valence-electron chi connectivity index (χ2n) is 15.4. The Labute approximate surface area is 321 Å². The van der Waals surface area contributed by atoms with Crippen molar-refractivity contribution in [2.75, 3.05) is 40.5 Å². The monoisotopic (exact) mass is 734 g/mol. The van der Waals surface area contributed by atoms with Crippen LogP contribution in [0.2, 0.25) is 0 Å². The summed E-state index contributed by atoms with van der Waals surface area (Å²) in [7, 11) is 4.18. The summed E-state index contributed by atoms with van der Waals surface area (Å²) < 4.78 is 16.5. The van der Waals surface area contributed by atoms with E-state index in [9.17, 15) is 14.4 Å². The Morgan fingerprint density at radius 1 is 0.500 bits per heavy atom. The first kappa shape index (κ1) is 49.9. The fourth-order valence-electron chi connectivity index (χ4n) is 6.54. The van der Waals surface area contributed by atoms with Crippen LogP contribution in [0.4, 0.5) is 0 Å². The van der Waals surface area contributed by atoms with Gasteiger partial charge in [-0.2, -0.15) is 0 Å². The van der Waals surface area contributed by atoms with Gasteiger partial charge in [0.15, 0.2) is 0 Å². The molecule has 0 N–H and O–H groups in total. The number of rotatable bonds is 38. The Kier molecular flexibility index (Phi) is 37.0. The first-order valence-corrected chi connectivity index (χ1v) is 21.7. The Balaban J connectivity index is 4.28. The lowest BCUT2D eigenvalue weighted by Gasteiger charge is -2.18. The molecular weight excluding hydrogens is 650 g/mol. The molecule has 304 valence electrons. The van der Waals surface area contributed by atoms with Gasteiger partial charge >= 0.3 is 17.9 Å². The van der Waals surface area contributed by atoms with Crippen LogP contribution in [-0.4, -0.2) is 63.3 Å². The Hall–Kier alpha value is -2.15. The molecule has 7 nitrogen and oxygen atoms in total. The number of ether oxygens (including phenoxy) is 3. The molecule has 7 heteroatoms. The fourth-order valence-corrected chi connectivity index (χ4v) is 6.54. The predicted octanol–water partition coefficient (Wildman–Crippen LogP) is 12.1. The number of esters is 3. The smallest absolute Gasteiger partial charge is 0.306 e. The largest absolute Gasteiger partial charge is 0.465 e. The zero-order chi connectivity index (χ0) is 38.3. The van der Waals surface area contributed by atoms with Gasteiger partial charge in [0.1, 0.15) is 13.2 Å². The lowest BCUT2D eigenvalue weighted by atomic mass is 9.94. The highest BCUT2D eigenvalue weighted by Crippen LogP contribution is 2.21. The van der Waals surface area contributed by atoms with Gasteiger partial charge in [-0.1, -0.05) is 135 Å². The van der Waals surface area contributed by atoms with E-state index in [1.807, 2.05) is 12.2 Å². The maximum atomic E-state index is 12.5. The molecule has 1 unspecified atom stereocenters. The van der Waals surface area contributed by atoms with Crippen LogP contribution in [0.3, 0.4) is 0 Å². The van der Waals surface area contributed by atoms with Crippen molar-refractivity contribution >= 4 is 17.9 Å². The van der Waals surface area contributed by atoms with Gasteiger partial charge in [-0.15, -0.1) is 0 Å². The topological polar surface area (TPSA) is 82.1 Å². The molecule has 0 spiro atoms. The van der Waals surface area contributed by atoms with Gasteiger partial charge < -0.3 is 19.1 Å². The van der Waals surface area contributed by atoms with Gasteiger partial charge in [0.05, 0.1) is 6.61 Å². The molecule has 1 atom stereocenters. The van der Waals surface area contributed by atoms with Crippen LogP contribution in [0, 0.1) is 11.8 Å². The van der Waals surface area contributed by atoms with Gasteiger partial charge in [-0.3, -0.25) is 14.4 Å². The molecule has 0 rings (SSSR count). The summed E-state index contributed by atoms with van der Waals surface area (Å²) >= 11 is 0. The number of carbonyl (C=O) groups is 3. The highest BCUT2D eigenvalue weighted by molar-refractivity contribution is 5.70. The molecule has 0 bridgehead atoms. The highest BCUT2D eigenvalue weighted by Gasteiger charge is 2.13. The maximum absolute atomic E-state index is 12.5. The van der Waals surface area contributed by atoms with E-state index in [4.69, 9.17) is 14.2 Å². The molecule has 0 saturated heterocycles. The number of allylic oxidation sites excluding steroid dienone is 2. The Bertz CT molecular complexity index is 833. The Morgan fingerprint density at radius 2 is 0.923 bits per heavy atom. The zero-order valence-electron chi connectivity index (χ0n) is 34.8. The third-order valence-corrected chi connectivity index (χ3v) is 9.68. The average molecular weight is 734 g/mol.